The molecule has 2 aromatic rings. The van der Waals surface area contributed by atoms with E-state index < -0.39 is 24.8 Å². The van der Waals surface area contributed by atoms with Crippen LogP contribution in [-0.4, -0.2) is 63.6 Å². The molecule has 32 heavy (non-hydrogen) atoms. The largest absolute Gasteiger partial charge is 0.480 e. The molecule has 0 N–H and O–H groups in total. The first-order valence-electron chi connectivity index (χ1n) is 9.31. The molecule has 7 nitrogen and oxygen atoms in total. The van der Waals surface area contributed by atoms with E-state index in [4.69, 9.17) is 65.4 Å². The fourth-order valence-corrected chi connectivity index (χ4v) is 3.09. The van der Waals surface area contributed by atoms with Gasteiger partial charge in [-0.1, -0.05) is 46.4 Å². The Bertz CT molecular complexity index is 964. The van der Waals surface area contributed by atoms with Crippen molar-refractivity contribution in [2.24, 2.45) is 0 Å². The highest BCUT2D eigenvalue weighted by molar-refractivity contribution is 6.36. The molecule has 0 aliphatic carbocycles. The summed E-state index contributed by atoms with van der Waals surface area (Å²) in [6.07, 6.45) is -1.71. The van der Waals surface area contributed by atoms with Gasteiger partial charge in [0.25, 0.3) is 0 Å². The monoisotopic (exact) mass is 524 g/mol. The Morgan fingerprint density at radius 1 is 0.906 bits per heavy atom. The highest BCUT2D eigenvalue weighted by Gasteiger charge is 2.28. The van der Waals surface area contributed by atoms with Gasteiger partial charge in [0.05, 0.1) is 31.2 Å². The number of carbonyl (C=O) groups excluding carboxylic acids is 2. The molecular weight excluding hydrogens is 504 g/mol. The minimum atomic E-state index is -1.71. The van der Waals surface area contributed by atoms with Gasteiger partial charge in [0.15, 0.2) is 6.61 Å². The zero-order valence-corrected chi connectivity index (χ0v) is 20.6. The summed E-state index contributed by atoms with van der Waals surface area (Å²) in [6, 6.07) is 8.88. The van der Waals surface area contributed by atoms with E-state index >= 15 is 0 Å². The topological polar surface area (TPSA) is 71.1 Å². The van der Waals surface area contributed by atoms with Crippen LogP contribution in [0.3, 0.4) is 0 Å². The summed E-state index contributed by atoms with van der Waals surface area (Å²) in [5.74, 6) is -1.49. The normalized spacial score (nSPS) is 12.1. The molecular formula is C21H22Cl4NO6+. The maximum Gasteiger partial charge on any atom is 0.389 e. The van der Waals surface area contributed by atoms with Crippen molar-refractivity contribution in [1.29, 1.82) is 0 Å². The van der Waals surface area contributed by atoms with Gasteiger partial charge >= 0.3 is 18.2 Å². The molecule has 0 amide bonds. The van der Waals surface area contributed by atoms with Crippen molar-refractivity contribution in [1.82, 2.24) is 0 Å². The molecule has 0 heterocycles. The first kappa shape index (κ1) is 26.4. The molecule has 0 aliphatic heterocycles. The van der Waals surface area contributed by atoms with Crippen molar-refractivity contribution >= 4 is 58.3 Å². The third-order valence-electron chi connectivity index (χ3n) is 3.80. The summed E-state index contributed by atoms with van der Waals surface area (Å²) in [4.78, 5) is 24.8. The number of nitrogens with zero attached hydrogens (tertiary/aromatic N) is 1. The maximum atomic E-state index is 12.5. The molecule has 0 saturated heterocycles. The van der Waals surface area contributed by atoms with Crippen molar-refractivity contribution in [2.75, 3.05) is 40.9 Å². The zero-order chi connectivity index (χ0) is 23.9. The van der Waals surface area contributed by atoms with E-state index in [0.717, 1.165) is 0 Å². The van der Waals surface area contributed by atoms with Crippen LogP contribution in [0.25, 0.3) is 0 Å². The van der Waals surface area contributed by atoms with Gasteiger partial charge in [-0.3, -0.25) is 0 Å². The second-order valence-corrected chi connectivity index (χ2v) is 9.25. The third kappa shape index (κ3) is 8.92. The number of hydrogen-bond donors (Lipinski definition) is 0. The lowest BCUT2D eigenvalue weighted by Crippen LogP contribution is -2.40. The van der Waals surface area contributed by atoms with Crippen LogP contribution in [-0.2, 0) is 19.1 Å². The van der Waals surface area contributed by atoms with Crippen LogP contribution in [0, 0.1) is 0 Å². The van der Waals surface area contributed by atoms with Gasteiger partial charge in [-0.2, -0.15) is 0 Å². The Balaban J connectivity index is 2.06. The summed E-state index contributed by atoms with van der Waals surface area (Å²) >= 11 is 23.8. The van der Waals surface area contributed by atoms with Crippen LogP contribution in [0.5, 0.6) is 11.5 Å². The van der Waals surface area contributed by atoms with Gasteiger partial charge in [0.2, 0.25) is 0 Å². The molecule has 0 radical (unpaired) electrons. The van der Waals surface area contributed by atoms with E-state index in [-0.39, 0.29) is 28.2 Å². The standard InChI is InChI=1S/C21H22Cl4NO6/c1-26(2,3)8-9-29-20(28)21(31-18-7-5-14(23)11-16(18)25)32-19(27)12-30-17-6-4-13(22)10-15(17)24/h4-7,10-11,21H,8-9,12H2,1-3H3/q+1. The number of esters is 2. The number of benzene rings is 2. The summed E-state index contributed by atoms with van der Waals surface area (Å²) in [5.41, 5.74) is 0. The number of hydrogen-bond acceptors (Lipinski definition) is 6. The van der Waals surface area contributed by atoms with Crippen molar-refractivity contribution in [2.45, 2.75) is 6.29 Å². The van der Waals surface area contributed by atoms with Crippen LogP contribution in [0.15, 0.2) is 36.4 Å². The number of rotatable bonds is 10. The molecule has 0 spiro atoms. The average molecular weight is 526 g/mol. The van der Waals surface area contributed by atoms with Gasteiger partial charge < -0.3 is 23.4 Å². The molecule has 0 bridgehead atoms. The second kappa shape index (κ2) is 11.8. The molecule has 2 aromatic carbocycles. The minimum Gasteiger partial charge on any atom is -0.480 e. The van der Waals surface area contributed by atoms with Crippen LogP contribution in [0.1, 0.15) is 0 Å². The molecule has 0 aromatic heterocycles. The van der Waals surface area contributed by atoms with Gasteiger partial charge in [0.1, 0.15) is 24.7 Å². The summed E-state index contributed by atoms with van der Waals surface area (Å²) < 4.78 is 21.7. The van der Waals surface area contributed by atoms with Crippen molar-refractivity contribution in [3.05, 3.63) is 56.5 Å². The Labute approximate surface area is 206 Å². The Hall–Kier alpha value is -1.90. The molecule has 1 unspecified atom stereocenters. The lowest BCUT2D eigenvalue weighted by molar-refractivity contribution is -0.870. The molecule has 0 aliphatic rings. The second-order valence-electron chi connectivity index (χ2n) is 7.56. The van der Waals surface area contributed by atoms with Crippen LogP contribution >= 0.6 is 46.4 Å². The number of quaternary nitrogens is 1. The van der Waals surface area contributed by atoms with E-state index in [9.17, 15) is 9.59 Å². The van der Waals surface area contributed by atoms with E-state index in [1.807, 2.05) is 21.1 Å². The predicted molar refractivity (Wildman–Crippen MR) is 123 cm³/mol. The summed E-state index contributed by atoms with van der Waals surface area (Å²) in [6.45, 7) is 0.0823. The van der Waals surface area contributed by atoms with E-state index in [2.05, 4.69) is 0 Å². The summed E-state index contributed by atoms with van der Waals surface area (Å²) in [5, 5.41) is 1.12. The Morgan fingerprint density at radius 2 is 1.47 bits per heavy atom. The lowest BCUT2D eigenvalue weighted by atomic mass is 10.3. The van der Waals surface area contributed by atoms with Gasteiger partial charge in [-0.05, 0) is 36.4 Å². The molecule has 174 valence electrons. The molecule has 11 heteroatoms. The summed E-state index contributed by atoms with van der Waals surface area (Å²) in [7, 11) is 5.82. The van der Waals surface area contributed by atoms with E-state index in [1.165, 1.54) is 30.3 Å². The number of ether oxygens (including phenoxy) is 4. The molecule has 0 fully saturated rings. The van der Waals surface area contributed by atoms with Gasteiger partial charge in [-0.25, -0.2) is 9.59 Å². The third-order valence-corrected chi connectivity index (χ3v) is 4.87. The quantitative estimate of drug-likeness (QED) is 0.250. The van der Waals surface area contributed by atoms with Crippen LogP contribution < -0.4 is 9.47 Å². The highest BCUT2D eigenvalue weighted by atomic mass is 35.5. The fourth-order valence-electron chi connectivity index (χ4n) is 2.18. The number of halogens is 4. The highest BCUT2D eigenvalue weighted by Crippen LogP contribution is 2.29. The zero-order valence-electron chi connectivity index (χ0n) is 17.6. The van der Waals surface area contributed by atoms with Crippen molar-refractivity contribution < 1.29 is 33.0 Å². The number of likely N-dealkylation sites (N-methyl/N-ethyl adjacent to an activating group) is 1. The average Bonchev–Trinajstić information content (AvgIpc) is 2.67. The Morgan fingerprint density at radius 3 is 2.00 bits per heavy atom. The van der Waals surface area contributed by atoms with Gasteiger partial charge in [0, 0.05) is 10.0 Å². The fraction of sp³-hybridized carbons (Fsp3) is 0.333. The minimum absolute atomic E-state index is 0.0825. The van der Waals surface area contributed by atoms with Crippen LogP contribution in [0.2, 0.25) is 20.1 Å². The van der Waals surface area contributed by atoms with Crippen LogP contribution in [0.4, 0.5) is 0 Å². The lowest BCUT2D eigenvalue weighted by Gasteiger charge is -2.24. The first-order chi connectivity index (χ1) is 14.9. The SMILES string of the molecule is C[N+](C)(C)CCOC(=O)C(OC(=O)COc1ccc(Cl)cc1Cl)Oc1ccc(Cl)cc1Cl. The van der Waals surface area contributed by atoms with Crippen molar-refractivity contribution in [3.8, 4) is 11.5 Å². The number of carbonyl (C=O) groups is 2. The molecule has 0 saturated carbocycles. The molecule has 1 atom stereocenters. The van der Waals surface area contributed by atoms with Gasteiger partial charge in [-0.15, -0.1) is 0 Å². The van der Waals surface area contributed by atoms with Crippen molar-refractivity contribution in [3.63, 3.8) is 0 Å². The van der Waals surface area contributed by atoms with E-state index in [1.54, 1.807) is 6.07 Å². The maximum absolute atomic E-state index is 12.5. The predicted octanol–water partition coefficient (Wildman–Crippen LogP) is 4.88. The smallest absolute Gasteiger partial charge is 0.389 e. The van der Waals surface area contributed by atoms with E-state index in [0.29, 0.717) is 21.1 Å². The first-order valence-corrected chi connectivity index (χ1v) is 10.8. The Kier molecular flexibility index (Phi) is 9.73. The molecule has 2 rings (SSSR count).